The van der Waals surface area contributed by atoms with E-state index in [2.05, 4.69) is 30.8 Å². The van der Waals surface area contributed by atoms with Gasteiger partial charge in [0.15, 0.2) is 5.82 Å². The van der Waals surface area contributed by atoms with Gasteiger partial charge < -0.3 is 15.6 Å². The third-order valence-corrected chi connectivity index (χ3v) is 7.69. The van der Waals surface area contributed by atoms with Crippen LogP contribution in [0.5, 0.6) is 0 Å². The maximum absolute atomic E-state index is 13.7. The molecule has 1 aliphatic heterocycles. The third kappa shape index (κ3) is 4.59. The van der Waals surface area contributed by atoms with Crippen LogP contribution in [0.15, 0.2) is 53.7 Å². The smallest absolute Gasteiger partial charge is 0.261 e. The van der Waals surface area contributed by atoms with E-state index < -0.39 is 32.5 Å². The SMILES string of the molecule is O=CNc1nccc(-c2ccc[nH]2)c1C(=O)Nc1n[nH]c2c1CN(S(=O)(=O)c1cc(F)cc(F)c1)CC2. The maximum Gasteiger partial charge on any atom is 0.261 e. The Morgan fingerprint density at radius 1 is 1.14 bits per heavy atom. The van der Waals surface area contributed by atoms with Crippen LogP contribution in [0.3, 0.4) is 0 Å². The number of hydrogen-bond donors (Lipinski definition) is 4. The molecule has 37 heavy (non-hydrogen) atoms. The van der Waals surface area contributed by atoms with Crippen molar-refractivity contribution in [2.24, 2.45) is 0 Å². The standard InChI is InChI=1S/C23H19F2N7O4S/c24-13-8-14(25)10-15(9-13)37(35,36)32-7-4-19-17(11-32)21(31-30-19)29-23(34)20-16(18-2-1-5-26-18)3-6-27-22(20)28-12-33/h1-3,5-6,8-10,12,26H,4,7,11H2,(H,27,28,33)(H2,29,30,31,34). The number of nitrogens with one attached hydrogen (secondary N) is 4. The Bertz CT molecular complexity index is 1580. The molecule has 0 radical (unpaired) electrons. The zero-order valence-electron chi connectivity index (χ0n) is 19.0. The monoisotopic (exact) mass is 527 g/mol. The molecule has 5 rings (SSSR count). The summed E-state index contributed by atoms with van der Waals surface area (Å²) in [5, 5.41) is 12.0. The van der Waals surface area contributed by atoms with Crippen LogP contribution in [0.4, 0.5) is 20.4 Å². The molecule has 2 amide bonds. The predicted molar refractivity (Wildman–Crippen MR) is 128 cm³/mol. The summed E-state index contributed by atoms with van der Waals surface area (Å²) < 4.78 is 54.6. The van der Waals surface area contributed by atoms with Gasteiger partial charge in [-0.05, 0) is 30.3 Å². The molecular formula is C23H19F2N7O4S. The van der Waals surface area contributed by atoms with Crippen molar-refractivity contribution in [3.8, 4) is 11.3 Å². The first-order chi connectivity index (χ1) is 17.8. The summed E-state index contributed by atoms with van der Waals surface area (Å²) in [5.74, 6) is -2.59. The summed E-state index contributed by atoms with van der Waals surface area (Å²) in [5.41, 5.74) is 2.13. The molecular weight excluding hydrogens is 508 g/mol. The van der Waals surface area contributed by atoms with Gasteiger partial charge in [0, 0.05) is 60.5 Å². The number of aromatic amines is 2. The fourth-order valence-electron chi connectivity index (χ4n) is 4.15. The lowest BCUT2D eigenvalue weighted by molar-refractivity contribution is -0.105. The molecule has 3 aromatic heterocycles. The average molecular weight is 528 g/mol. The summed E-state index contributed by atoms with van der Waals surface area (Å²) in [4.78, 5) is 31.1. The lowest BCUT2D eigenvalue weighted by atomic mass is 10.0. The number of hydrogen-bond acceptors (Lipinski definition) is 6. The zero-order valence-corrected chi connectivity index (χ0v) is 19.8. The Labute approximate surface area is 209 Å². The highest BCUT2D eigenvalue weighted by Gasteiger charge is 2.32. The van der Waals surface area contributed by atoms with E-state index in [0.717, 1.165) is 16.4 Å². The number of aromatic nitrogens is 4. The fraction of sp³-hybridized carbons (Fsp3) is 0.130. The first-order valence-electron chi connectivity index (χ1n) is 10.9. The van der Waals surface area contributed by atoms with Crippen molar-refractivity contribution in [1.29, 1.82) is 0 Å². The predicted octanol–water partition coefficient (Wildman–Crippen LogP) is 2.65. The van der Waals surface area contributed by atoms with Crippen LogP contribution in [0.2, 0.25) is 0 Å². The van der Waals surface area contributed by atoms with Crippen LogP contribution in [-0.4, -0.2) is 51.8 Å². The second-order valence-corrected chi connectivity index (χ2v) is 10.0. The number of amides is 2. The molecule has 11 nitrogen and oxygen atoms in total. The topological polar surface area (TPSA) is 153 Å². The number of sulfonamides is 1. The third-order valence-electron chi connectivity index (χ3n) is 5.87. The Balaban J connectivity index is 1.46. The van der Waals surface area contributed by atoms with E-state index in [0.29, 0.717) is 35.0 Å². The molecule has 0 saturated carbocycles. The molecule has 0 saturated heterocycles. The van der Waals surface area contributed by atoms with Gasteiger partial charge in [-0.2, -0.15) is 9.40 Å². The van der Waals surface area contributed by atoms with Gasteiger partial charge in [0.2, 0.25) is 16.4 Å². The first-order valence-corrected chi connectivity index (χ1v) is 12.4. The van der Waals surface area contributed by atoms with Gasteiger partial charge in [0.25, 0.3) is 5.91 Å². The van der Waals surface area contributed by atoms with Crippen molar-refractivity contribution < 1.29 is 26.8 Å². The lowest BCUT2D eigenvalue weighted by Crippen LogP contribution is -2.36. The van der Waals surface area contributed by atoms with Crippen molar-refractivity contribution in [1.82, 2.24) is 24.5 Å². The highest BCUT2D eigenvalue weighted by atomic mass is 32.2. The number of pyridine rings is 1. The van der Waals surface area contributed by atoms with Gasteiger partial charge in [-0.25, -0.2) is 22.2 Å². The molecule has 14 heteroatoms. The lowest BCUT2D eigenvalue weighted by Gasteiger charge is -2.26. The van der Waals surface area contributed by atoms with E-state index in [1.807, 2.05) is 0 Å². The highest BCUT2D eigenvalue weighted by Crippen LogP contribution is 2.31. The summed E-state index contributed by atoms with van der Waals surface area (Å²) in [6.45, 7) is -0.159. The van der Waals surface area contributed by atoms with E-state index in [-0.39, 0.29) is 36.7 Å². The van der Waals surface area contributed by atoms with E-state index in [9.17, 15) is 26.8 Å². The molecule has 0 bridgehead atoms. The van der Waals surface area contributed by atoms with Gasteiger partial charge in [0.1, 0.15) is 17.5 Å². The number of rotatable bonds is 7. The van der Waals surface area contributed by atoms with Gasteiger partial charge >= 0.3 is 0 Å². The summed E-state index contributed by atoms with van der Waals surface area (Å²) >= 11 is 0. The maximum atomic E-state index is 13.7. The van der Waals surface area contributed by atoms with Gasteiger partial charge in [-0.15, -0.1) is 0 Å². The minimum Gasteiger partial charge on any atom is -0.361 e. The van der Waals surface area contributed by atoms with Gasteiger partial charge in [-0.1, -0.05) is 0 Å². The van der Waals surface area contributed by atoms with Gasteiger partial charge in [-0.3, -0.25) is 14.7 Å². The average Bonchev–Trinajstić information content (AvgIpc) is 3.54. The van der Waals surface area contributed by atoms with Crippen LogP contribution >= 0.6 is 0 Å². The van der Waals surface area contributed by atoms with E-state index in [1.54, 1.807) is 24.4 Å². The van der Waals surface area contributed by atoms with Crippen LogP contribution < -0.4 is 10.6 Å². The number of carbonyl (C=O) groups is 2. The molecule has 190 valence electrons. The number of benzene rings is 1. The molecule has 0 unspecified atom stereocenters. The zero-order chi connectivity index (χ0) is 26.2. The number of nitrogens with zero attached hydrogens (tertiary/aromatic N) is 3. The molecule has 4 N–H and O–H groups in total. The second kappa shape index (κ2) is 9.55. The molecule has 0 fully saturated rings. The van der Waals surface area contributed by atoms with Crippen molar-refractivity contribution >= 4 is 34.0 Å². The molecule has 1 aliphatic rings. The van der Waals surface area contributed by atoms with Crippen molar-refractivity contribution in [2.45, 2.75) is 17.9 Å². The summed E-state index contributed by atoms with van der Waals surface area (Å²) in [7, 11) is -4.24. The first kappa shape index (κ1) is 24.3. The number of carbonyl (C=O) groups excluding carboxylic acids is 2. The second-order valence-electron chi connectivity index (χ2n) is 8.11. The molecule has 1 aromatic carbocycles. The minimum absolute atomic E-state index is 0.0151. The summed E-state index contributed by atoms with van der Waals surface area (Å²) in [6, 6.07) is 7.17. The number of anilines is 2. The van der Waals surface area contributed by atoms with E-state index in [4.69, 9.17) is 0 Å². The Morgan fingerprint density at radius 2 is 1.92 bits per heavy atom. The quantitative estimate of drug-likeness (QED) is 0.271. The van der Waals surface area contributed by atoms with Gasteiger partial charge in [0.05, 0.1) is 10.5 Å². The largest absolute Gasteiger partial charge is 0.361 e. The fourth-order valence-corrected chi connectivity index (χ4v) is 5.61. The Kier molecular flexibility index (Phi) is 6.27. The normalized spacial score (nSPS) is 13.7. The van der Waals surface area contributed by atoms with Crippen LogP contribution in [0, 0.1) is 11.6 Å². The molecule has 0 aliphatic carbocycles. The highest BCUT2D eigenvalue weighted by molar-refractivity contribution is 7.89. The van der Waals surface area contributed by atoms with Crippen molar-refractivity contribution in [2.75, 3.05) is 17.2 Å². The molecule has 4 aromatic rings. The Morgan fingerprint density at radius 3 is 2.62 bits per heavy atom. The van der Waals surface area contributed by atoms with Crippen LogP contribution in [0.25, 0.3) is 11.3 Å². The minimum atomic E-state index is -4.24. The van der Waals surface area contributed by atoms with Crippen molar-refractivity contribution in [3.63, 3.8) is 0 Å². The van der Waals surface area contributed by atoms with E-state index in [1.165, 1.54) is 6.20 Å². The summed E-state index contributed by atoms with van der Waals surface area (Å²) in [6.07, 6.45) is 3.74. The van der Waals surface area contributed by atoms with Crippen molar-refractivity contribution in [3.05, 3.63) is 77.2 Å². The molecule has 0 atom stereocenters. The van der Waals surface area contributed by atoms with Crippen LogP contribution in [-0.2, 0) is 27.8 Å². The van der Waals surface area contributed by atoms with Crippen LogP contribution in [0.1, 0.15) is 21.6 Å². The number of halogens is 2. The molecule has 4 heterocycles. The Hall–Kier alpha value is -4.43. The molecule has 0 spiro atoms. The number of fused-ring (bicyclic) bond motifs is 1. The number of H-pyrrole nitrogens is 2. The van der Waals surface area contributed by atoms with E-state index >= 15 is 0 Å².